The highest BCUT2D eigenvalue weighted by atomic mass is 35.5. The zero-order chi connectivity index (χ0) is 29.4. The first-order valence-corrected chi connectivity index (χ1v) is 14.2. The standard InChI is InChI=1S/C31H28ClN3O5S/c1-6-40-30(38)26-18(3)33-31-35(27(26)20-10-12-23(32)13-11-20)28(36)25(41-31)16-22-14-17(2)34(19(22)4)24-9-7-8-21(15-24)29(37)39-5/h7-16,27H,6H2,1-5H3/b25-16+/t27-/m1/s1. The third-order valence-corrected chi connectivity index (χ3v) is 8.22. The highest BCUT2D eigenvalue weighted by Crippen LogP contribution is 2.31. The summed E-state index contributed by atoms with van der Waals surface area (Å²) in [5.74, 6) is -0.927. The van der Waals surface area contributed by atoms with Gasteiger partial charge in [0.25, 0.3) is 5.56 Å². The van der Waals surface area contributed by atoms with Crippen LogP contribution in [0.5, 0.6) is 0 Å². The molecule has 0 saturated carbocycles. The van der Waals surface area contributed by atoms with Crippen molar-refractivity contribution in [3.05, 3.63) is 119 Å². The molecule has 10 heteroatoms. The molecule has 210 valence electrons. The average Bonchev–Trinajstić information content (AvgIpc) is 3.41. The lowest BCUT2D eigenvalue weighted by atomic mass is 9.96. The van der Waals surface area contributed by atoms with Crippen LogP contribution in [0.3, 0.4) is 0 Å². The number of ether oxygens (including phenoxy) is 2. The predicted octanol–water partition coefficient (Wildman–Crippen LogP) is 4.65. The van der Waals surface area contributed by atoms with Gasteiger partial charge in [0.15, 0.2) is 4.80 Å². The molecule has 1 atom stereocenters. The number of hydrogen-bond donors (Lipinski definition) is 0. The third-order valence-electron chi connectivity index (χ3n) is 6.99. The first-order valence-electron chi connectivity index (χ1n) is 13.0. The van der Waals surface area contributed by atoms with Gasteiger partial charge in [0, 0.05) is 22.1 Å². The monoisotopic (exact) mass is 589 g/mol. The minimum atomic E-state index is -0.710. The third kappa shape index (κ3) is 5.18. The van der Waals surface area contributed by atoms with Crippen molar-refractivity contribution in [2.45, 2.75) is 33.7 Å². The van der Waals surface area contributed by atoms with E-state index < -0.39 is 18.0 Å². The number of rotatable bonds is 6. The van der Waals surface area contributed by atoms with Gasteiger partial charge in [-0.25, -0.2) is 14.6 Å². The smallest absolute Gasteiger partial charge is 0.338 e. The molecule has 0 aliphatic carbocycles. The number of fused-ring (bicyclic) bond motifs is 1. The number of nitrogens with zero attached hydrogens (tertiary/aromatic N) is 3. The first kappa shape index (κ1) is 28.3. The predicted molar refractivity (Wildman–Crippen MR) is 158 cm³/mol. The highest BCUT2D eigenvalue weighted by Gasteiger charge is 2.33. The Hall–Kier alpha value is -4.21. The van der Waals surface area contributed by atoms with E-state index in [2.05, 4.69) is 4.99 Å². The maximum Gasteiger partial charge on any atom is 0.338 e. The second kappa shape index (κ2) is 11.3. The lowest BCUT2D eigenvalue weighted by Crippen LogP contribution is -2.39. The zero-order valence-corrected chi connectivity index (χ0v) is 24.8. The zero-order valence-electron chi connectivity index (χ0n) is 23.2. The van der Waals surface area contributed by atoms with E-state index in [4.69, 9.17) is 21.1 Å². The molecule has 5 rings (SSSR count). The Morgan fingerprint density at radius 1 is 1.07 bits per heavy atom. The number of carbonyl (C=O) groups is 2. The Bertz CT molecular complexity index is 1900. The van der Waals surface area contributed by atoms with Crippen LogP contribution in [0, 0.1) is 13.8 Å². The number of esters is 2. The first-order chi connectivity index (χ1) is 19.6. The van der Waals surface area contributed by atoms with Gasteiger partial charge in [0.1, 0.15) is 0 Å². The Balaban J connectivity index is 1.66. The number of hydrogen-bond acceptors (Lipinski definition) is 7. The van der Waals surface area contributed by atoms with Gasteiger partial charge >= 0.3 is 11.9 Å². The van der Waals surface area contributed by atoms with Gasteiger partial charge in [-0.15, -0.1) is 0 Å². The van der Waals surface area contributed by atoms with E-state index in [1.54, 1.807) is 60.9 Å². The fourth-order valence-corrected chi connectivity index (χ4v) is 6.28. The molecule has 2 aromatic heterocycles. The molecule has 0 radical (unpaired) electrons. The van der Waals surface area contributed by atoms with Crippen LogP contribution in [-0.4, -0.2) is 34.8 Å². The Morgan fingerprint density at radius 2 is 1.80 bits per heavy atom. The van der Waals surface area contributed by atoms with Gasteiger partial charge in [-0.2, -0.15) is 0 Å². The van der Waals surface area contributed by atoms with Gasteiger partial charge in [0.05, 0.1) is 41.1 Å². The largest absolute Gasteiger partial charge is 0.465 e. The van der Waals surface area contributed by atoms with Gasteiger partial charge in [0.2, 0.25) is 0 Å². The Morgan fingerprint density at radius 3 is 2.49 bits per heavy atom. The van der Waals surface area contributed by atoms with Crippen molar-refractivity contribution in [1.82, 2.24) is 9.13 Å². The molecule has 4 aromatic rings. The Kier molecular flexibility index (Phi) is 7.84. The number of halogens is 1. The van der Waals surface area contributed by atoms with Crippen molar-refractivity contribution in [3.63, 3.8) is 0 Å². The quantitative estimate of drug-likeness (QED) is 0.305. The number of allylic oxidation sites excluding steroid dienone is 1. The van der Waals surface area contributed by atoms with Crippen LogP contribution < -0.4 is 14.9 Å². The fraction of sp³-hybridized carbons (Fsp3) is 0.226. The summed E-state index contributed by atoms with van der Waals surface area (Å²) >= 11 is 7.40. The second-order valence-electron chi connectivity index (χ2n) is 9.56. The van der Waals surface area contributed by atoms with Crippen LogP contribution in [0.15, 0.2) is 75.7 Å². The molecular weight excluding hydrogens is 562 g/mol. The van der Waals surface area contributed by atoms with E-state index in [-0.39, 0.29) is 12.2 Å². The van der Waals surface area contributed by atoms with E-state index in [1.807, 2.05) is 36.6 Å². The fourth-order valence-electron chi connectivity index (χ4n) is 5.11. The van der Waals surface area contributed by atoms with E-state index in [1.165, 1.54) is 18.4 Å². The molecule has 1 aliphatic rings. The van der Waals surface area contributed by atoms with Gasteiger partial charge in [-0.05, 0) is 81.3 Å². The summed E-state index contributed by atoms with van der Waals surface area (Å²) in [4.78, 5) is 44.2. The number of aryl methyl sites for hydroxylation is 1. The molecule has 1 aliphatic heterocycles. The summed E-state index contributed by atoms with van der Waals surface area (Å²) in [6.45, 7) is 7.61. The molecule has 0 spiro atoms. The lowest BCUT2D eigenvalue weighted by molar-refractivity contribution is -0.139. The molecule has 3 heterocycles. The summed E-state index contributed by atoms with van der Waals surface area (Å²) in [5.41, 5.74) is 5.21. The summed E-state index contributed by atoms with van der Waals surface area (Å²) in [5, 5.41) is 0.548. The van der Waals surface area contributed by atoms with Crippen LogP contribution in [0.25, 0.3) is 11.8 Å². The summed E-state index contributed by atoms with van der Waals surface area (Å²) < 4.78 is 14.3. The summed E-state index contributed by atoms with van der Waals surface area (Å²) in [7, 11) is 1.35. The van der Waals surface area contributed by atoms with Crippen LogP contribution in [-0.2, 0) is 14.3 Å². The SMILES string of the molecule is CCOC(=O)C1=C(C)N=c2s/c(=C/c3cc(C)n(-c4cccc(C(=O)OC)c4)c3C)c(=O)n2[C@@H]1c1ccc(Cl)cc1. The van der Waals surface area contributed by atoms with Crippen molar-refractivity contribution < 1.29 is 19.1 Å². The van der Waals surface area contributed by atoms with Crippen LogP contribution in [0.2, 0.25) is 5.02 Å². The Labute approximate surface area is 245 Å². The van der Waals surface area contributed by atoms with Crippen molar-refractivity contribution in [3.8, 4) is 5.69 Å². The van der Waals surface area contributed by atoms with Gasteiger partial charge < -0.3 is 14.0 Å². The molecule has 0 bridgehead atoms. The molecule has 0 unspecified atom stereocenters. The minimum Gasteiger partial charge on any atom is -0.465 e. The summed E-state index contributed by atoms with van der Waals surface area (Å²) in [6, 6.07) is 15.5. The van der Waals surface area contributed by atoms with E-state index in [0.29, 0.717) is 31.2 Å². The number of methoxy groups -OCH3 is 1. The van der Waals surface area contributed by atoms with E-state index in [0.717, 1.165) is 28.2 Å². The molecule has 8 nitrogen and oxygen atoms in total. The lowest BCUT2D eigenvalue weighted by Gasteiger charge is -2.24. The van der Waals surface area contributed by atoms with Gasteiger partial charge in [-0.1, -0.05) is 41.1 Å². The van der Waals surface area contributed by atoms with E-state index >= 15 is 0 Å². The normalized spacial score (nSPS) is 15.0. The maximum atomic E-state index is 14.0. The van der Waals surface area contributed by atoms with Crippen molar-refractivity contribution >= 4 is 41.0 Å². The molecule has 0 amide bonds. The summed E-state index contributed by atoms with van der Waals surface area (Å²) in [6.07, 6.45) is 1.84. The molecule has 0 N–H and O–H groups in total. The van der Waals surface area contributed by atoms with Crippen LogP contribution in [0.1, 0.15) is 52.8 Å². The minimum absolute atomic E-state index is 0.200. The number of thiazole rings is 1. The molecule has 41 heavy (non-hydrogen) atoms. The number of benzene rings is 2. The van der Waals surface area contributed by atoms with Crippen molar-refractivity contribution in [2.24, 2.45) is 4.99 Å². The number of aromatic nitrogens is 2. The van der Waals surface area contributed by atoms with Crippen LogP contribution in [0.4, 0.5) is 0 Å². The number of carbonyl (C=O) groups excluding carboxylic acids is 2. The van der Waals surface area contributed by atoms with Crippen molar-refractivity contribution in [2.75, 3.05) is 13.7 Å². The molecule has 0 saturated heterocycles. The second-order valence-corrected chi connectivity index (χ2v) is 11.0. The maximum absolute atomic E-state index is 14.0. The molecule has 2 aromatic carbocycles. The van der Waals surface area contributed by atoms with E-state index in [9.17, 15) is 14.4 Å². The molecule has 0 fully saturated rings. The molecular formula is C31H28ClN3O5S. The van der Waals surface area contributed by atoms with Crippen LogP contribution >= 0.6 is 22.9 Å². The topological polar surface area (TPSA) is 91.9 Å². The van der Waals surface area contributed by atoms with Gasteiger partial charge in [-0.3, -0.25) is 9.36 Å². The van der Waals surface area contributed by atoms with Crippen molar-refractivity contribution in [1.29, 1.82) is 0 Å². The highest BCUT2D eigenvalue weighted by molar-refractivity contribution is 7.07. The average molecular weight is 590 g/mol.